The lowest BCUT2D eigenvalue weighted by Crippen LogP contribution is -2.12. The summed E-state index contributed by atoms with van der Waals surface area (Å²) in [6.07, 6.45) is 0.866. The molecule has 0 atom stereocenters. The van der Waals surface area contributed by atoms with E-state index in [1.54, 1.807) is 0 Å². The van der Waals surface area contributed by atoms with Crippen molar-refractivity contribution in [3.63, 3.8) is 0 Å². The fraction of sp³-hybridized carbons (Fsp3) is 0.125. The first kappa shape index (κ1) is 8.91. The average molecular weight is 159 g/mol. The van der Waals surface area contributed by atoms with E-state index in [0.717, 1.165) is 24.8 Å². The Bertz CT molecular complexity index is 288. The molecule has 0 saturated carbocycles. The summed E-state index contributed by atoms with van der Waals surface area (Å²) < 4.78 is 0. The molecule has 0 bridgehead atoms. The van der Waals surface area contributed by atoms with E-state index in [4.69, 9.17) is 0 Å². The molecule has 0 heterocycles. The first-order chi connectivity index (χ1) is 5.81. The van der Waals surface area contributed by atoms with Gasteiger partial charge in [-0.3, -0.25) is 4.79 Å². The first-order valence-electron chi connectivity index (χ1n) is 4.07. The van der Waals surface area contributed by atoms with Crippen molar-refractivity contribution in [1.82, 2.24) is 0 Å². The number of hydrogen-bond acceptors (Lipinski definition) is 2. The van der Waals surface area contributed by atoms with Gasteiger partial charge in [0.1, 0.15) is 0 Å². The van der Waals surface area contributed by atoms with Gasteiger partial charge in [-0.05, 0) is 6.07 Å². The Kier molecular flexibility index (Phi) is 2.97. The summed E-state index contributed by atoms with van der Waals surface area (Å²) >= 11 is 0. The van der Waals surface area contributed by atoms with Crippen LogP contribution in [0.2, 0.25) is 6.82 Å². The number of nitrogens with one attached hydrogen (secondary N) is 1. The van der Waals surface area contributed by atoms with Crippen molar-refractivity contribution in [2.75, 3.05) is 5.23 Å². The van der Waals surface area contributed by atoms with Crippen molar-refractivity contribution >= 4 is 32.7 Å². The normalized spacial score (nSPS) is 9.08. The Hall–Kier alpha value is -1.18. The van der Waals surface area contributed by atoms with Gasteiger partial charge in [0.15, 0.2) is 13.6 Å². The summed E-state index contributed by atoms with van der Waals surface area (Å²) in [4.78, 5) is 10.5. The molecule has 0 saturated heterocycles. The van der Waals surface area contributed by atoms with Crippen molar-refractivity contribution in [3.8, 4) is 0 Å². The van der Waals surface area contributed by atoms with Gasteiger partial charge in [0, 0.05) is 11.3 Å². The van der Waals surface area contributed by atoms with Crippen LogP contribution in [0.3, 0.4) is 0 Å². The van der Waals surface area contributed by atoms with Gasteiger partial charge in [0.05, 0.1) is 0 Å². The zero-order valence-corrected chi connectivity index (χ0v) is 7.42. The minimum absolute atomic E-state index is 0.717. The third-order valence-electron chi connectivity index (χ3n) is 1.92. The summed E-state index contributed by atoms with van der Waals surface area (Å²) in [5.41, 5.74) is 2.86. The predicted molar refractivity (Wildman–Crippen MR) is 56.6 cm³/mol. The second kappa shape index (κ2) is 4.00. The van der Waals surface area contributed by atoms with Gasteiger partial charge in [0.2, 0.25) is 7.98 Å². The highest BCUT2D eigenvalue weighted by molar-refractivity contribution is 6.52. The van der Waals surface area contributed by atoms with E-state index in [-0.39, 0.29) is 0 Å². The van der Waals surface area contributed by atoms with Gasteiger partial charge in [-0.25, -0.2) is 0 Å². The molecule has 12 heavy (non-hydrogen) atoms. The Balaban J connectivity index is 3.10. The first-order valence-corrected chi connectivity index (χ1v) is 4.07. The molecule has 0 radical (unpaired) electrons. The van der Waals surface area contributed by atoms with Crippen molar-refractivity contribution in [2.24, 2.45) is 0 Å². The predicted octanol–water partition coefficient (Wildman–Crippen LogP) is -0.431. The van der Waals surface area contributed by atoms with Gasteiger partial charge in [-0.1, -0.05) is 24.4 Å². The second-order valence-corrected chi connectivity index (χ2v) is 2.64. The summed E-state index contributed by atoms with van der Waals surface area (Å²) in [7, 11) is 2.82. The van der Waals surface area contributed by atoms with Crippen LogP contribution in [0, 0.1) is 0 Å². The van der Waals surface area contributed by atoms with Gasteiger partial charge < -0.3 is 5.23 Å². The number of hydrogen-bond donors (Lipinski definition) is 1. The molecular formula is C8H11B2NO. The lowest BCUT2D eigenvalue weighted by molar-refractivity contribution is 0.112. The summed E-state index contributed by atoms with van der Waals surface area (Å²) in [6.45, 7) is 2.09. The number of rotatable bonds is 3. The molecule has 0 aliphatic carbocycles. The third-order valence-corrected chi connectivity index (χ3v) is 1.92. The molecule has 0 unspecified atom stereocenters. The van der Waals surface area contributed by atoms with E-state index >= 15 is 0 Å². The molecule has 0 amide bonds. The smallest absolute Gasteiger partial charge is 0.214 e. The lowest BCUT2D eigenvalue weighted by Gasteiger charge is -2.05. The zero-order valence-electron chi connectivity index (χ0n) is 7.42. The Morgan fingerprint density at radius 3 is 2.83 bits per heavy atom. The van der Waals surface area contributed by atoms with Crippen LogP contribution in [0.15, 0.2) is 18.2 Å². The van der Waals surface area contributed by atoms with Crippen LogP contribution in [0.4, 0.5) is 5.69 Å². The maximum Gasteiger partial charge on any atom is 0.214 e. The van der Waals surface area contributed by atoms with E-state index in [1.807, 2.05) is 26.2 Å². The molecule has 2 nitrogen and oxygen atoms in total. The molecular weight excluding hydrogens is 148 g/mol. The van der Waals surface area contributed by atoms with Crippen LogP contribution < -0.4 is 10.7 Å². The molecule has 0 aromatic heterocycles. The molecule has 1 aromatic rings. The Labute approximate surface area is 74.0 Å². The minimum Gasteiger partial charge on any atom is -0.434 e. The van der Waals surface area contributed by atoms with E-state index in [1.165, 1.54) is 5.46 Å². The largest absolute Gasteiger partial charge is 0.434 e. The second-order valence-electron chi connectivity index (χ2n) is 2.64. The topological polar surface area (TPSA) is 29.1 Å². The monoisotopic (exact) mass is 159 g/mol. The highest BCUT2D eigenvalue weighted by Crippen LogP contribution is 2.09. The van der Waals surface area contributed by atoms with Crippen molar-refractivity contribution < 1.29 is 4.79 Å². The van der Waals surface area contributed by atoms with Crippen LogP contribution in [-0.2, 0) is 0 Å². The molecule has 0 aliphatic heterocycles. The fourth-order valence-corrected chi connectivity index (χ4v) is 1.14. The maximum atomic E-state index is 10.5. The van der Waals surface area contributed by atoms with E-state index in [9.17, 15) is 4.79 Å². The van der Waals surface area contributed by atoms with Crippen LogP contribution in [-0.4, -0.2) is 21.5 Å². The molecule has 60 valence electrons. The molecule has 1 N–H and O–H groups in total. The van der Waals surface area contributed by atoms with Crippen LogP contribution in [0.25, 0.3) is 0 Å². The lowest BCUT2D eigenvalue weighted by atomic mass is 9.73. The number of anilines is 1. The zero-order chi connectivity index (χ0) is 8.97. The summed E-state index contributed by atoms with van der Waals surface area (Å²) in [5.74, 6) is 0. The SMILES string of the molecule is BNc1cc(BC)ccc1C=O. The molecule has 1 rings (SSSR count). The maximum absolute atomic E-state index is 10.5. The van der Waals surface area contributed by atoms with Gasteiger partial charge in [-0.15, -0.1) is 0 Å². The highest BCUT2D eigenvalue weighted by atomic mass is 16.1. The van der Waals surface area contributed by atoms with E-state index < -0.39 is 0 Å². The fourth-order valence-electron chi connectivity index (χ4n) is 1.14. The quantitative estimate of drug-likeness (QED) is 0.478. The third kappa shape index (κ3) is 1.70. The molecule has 0 fully saturated rings. The van der Waals surface area contributed by atoms with Crippen LogP contribution in [0.5, 0.6) is 0 Å². The van der Waals surface area contributed by atoms with Crippen LogP contribution in [0.1, 0.15) is 10.4 Å². The summed E-state index contributed by atoms with van der Waals surface area (Å²) in [6, 6.07) is 5.83. The van der Waals surface area contributed by atoms with Crippen molar-refractivity contribution in [1.29, 1.82) is 0 Å². The summed E-state index contributed by atoms with van der Waals surface area (Å²) in [5, 5.41) is 2.99. The van der Waals surface area contributed by atoms with Crippen molar-refractivity contribution in [2.45, 2.75) is 6.82 Å². The Morgan fingerprint density at radius 2 is 2.33 bits per heavy atom. The Morgan fingerprint density at radius 1 is 1.58 bits per heavy atom. The number of aldehydes is 1. The highest BCUT2D eigenvalue weighted by Gasteiger charge is 1.99. The van der Waals surface area contributed by atoms with Crippen LogP contribution >= 0.6 is 0 Å². The number of carbonyl (C=O) groups is 1. The van der Waals surface area contributed by atoms with Gasteiger partial charge in [-0.2, -0.15) is 0 Å². The molecule has 4 heteroatoms. The van der Waals surface area contributed by atoms with E-state index in [0.29, 0.717) is 0 Å². The standard InChI is InChI=1S/C8H11B2NO/c1-10-7-3-2-6(5-12)8(4-7)11-9/h2-5,10-11H,9H2,1H3. The average Bonchev–Trinajstić information content (AvgIpc) is 2.16. The van der Waals surface area contributed by atoms with Gasteiger partial charge >= 0.3 is 0 Å². The number of benzene rings is 1. The van der Waals surface area contributed by atoms with E-state index in [2.05, 4.69) is 12.1 Å². The van der Waals surface area contributed by atoms with Gasteiger partial charge in [0.25, 0.3) is 0 Å². The van der Waals surface area contributed by atoms with Crippen molar-refractivity contribution in [3.05, 3.63) is 23.8 Å². The number of carbonyl (C=O) groups excluding carboxylic acids is 1. The molecule has 0 spiro atoms. The molecule has 1 aromatic carbocycles. The molecule has 0 aliphatic rings. The minimum atomic E-state index is 0.717.